The molecule has 0 aromatic carbocycles. The van der Waals surface area contributed by atoms with E-state index in [0.29, 0.717) is 0 Å². The van der Waals surface area contributed by atoms with Gasteiger partial charge in [0.25, 0.3) is 0 Å². The van der Waals surface area contributed by atoms with Crippen LogP contribution < -0.4 is 0 Å². The van der Waals surface area contributed by atoms with Gasteiger partial charge in [0.15, 0.2) is 0 Å². The molecule has 6 N–H and O–H groups in total. The number of hydrogen-bond acceptors (Lipinski definition) is 2. The fourth-order valence-electron chi connectivity index (χ4n) is 0. The van der Waals surface area contributed by atoms with Crippen molar-refractivity contribution in [1.29, 1.82) is 0 Å². The molecule has 0 heterocycles. The first kappa shape index (κ1) is 23.5. The van der Waals surface area contributed by atoms with E-state index in [9.17, 15) is 0 Å². The summed E-state index contributed by atoms with van der Waals surface area (Å²) in [7, 11) is 0. The second-order valence-electron chi connectivity index (χ2n) is 0.610. The Morgan fingerprint density at radius 2 is 1.00 bits per heavy atom. The van der Waals surface area contributed by atoms with Crippen molar-refractivity contribution in [1.82, 2.24) is 0 Å². The molecule has 1 radical (unpaired) electrons. The van der Waals surface area contributed by atoms with Crippen LogP contribution >= 0.6 is 0 Å². The van der Waals surface area contributed by atoms with Crippen molar-refractivity contribution in [3.63, 3.8) is 0 Å². The van der Waals surface area contributed by atoms with Gasteiger partial charge in [0.05, 0.1) is 0 Å². The number of aliphatic carboxylic acids is 2. The summed E-state index contributed by atoms with van der Waals surface area (Å²) in [6, 6.07) is 0. The van der Waals surface area contributed by atoms with Gasteiger partial charge in [-0.25, -0.2) is 9.59 Å². The van der Waals surface area contributed by atoms with Crippen LogP contribution in [0, 0.1) is 0 Å². The SMILES string of the molecule is O=C(O)C(=O)O.[Ag].[NH2-].[NH2-]. The minimum Gasteiger partial charge on any atom is -0.693 e. The normalized spacial score (nSPS) is 4.89. The van der Waals surface area contributed by atoms with E-state index in [0.717, 1.165) is 0 Å². The summed E-state index contributed by atoms with van der Waals surface area (Å²) in [5, 5.41) is 14.8. The van der Waals surface area contributed by atoms with E-state index in [-0.39, 0.29) is 34.7 Å². The second-order valence-corrected chi connectivity index (χ2v) is 0.610. The van der Waals surface area contributed by atoms with Crippen molar-refractivity contribution in [3.8, 4) is 0 Å². The third kappa shape index (κ3) is 18.4. The molecule has 61 valence electrons. The van der Waals surface area contributed by atoms with Gasteiger partial charge in [-0.3, -0.25) is 0 Å². The van der Waals surface area contributed by atoms with E-state index in [2.05, 4.69) is 0 Å². The quantitative estimate of drug-likeness (QED) is 0.463. The van der Waals surface area contributed by atoms with Crippen LogP contribution in [0.15, 0.2) is 0 Å². The van der Waals surface area contributed by atoms with Gasteiger partial charge in [-0.1, -0.05) is 0 Å². The predicted octanol–water partition coefficient (Wildman–Crippen LogP) is 0.587. The van der Waals surface area contributed by atoms with Gasteiger partial charge >= 0.3 is 11.9 Å². The predicted molar refractivity (Wildman–Crippen MR) is 25.8 cm³/mol. The molecule has 7 heteroatoms. The largest absolute Gasteiger partial charge is 0.693 e. The van der Waals surface area contributed by atoms with Gasteiger partial charge in [0.2, 0.25) is 0 Å². The van der Waals surface area contributed by atoms with Crippen molar-refractivity contribution < 1.29 is 42.2 Å². The number of rotatable bonds is 0. The van der Waals surface area contributed by atoms with E-state index in [1.807, 2.05) is 0 Å². The van der Waals surface area contributed by atoms with Crippen molar-refractivity contribution in [3.05, 3.63) is 12.3 Å². The van der Waals surface area contributed by atoms with E-state index >= 15 is 0 Å². The van der Waals surface area contributed by atoms with Crippen molar-refractivity contribution in [2.45, 2.75) is 0 Å². The maximum atomic E-state index is 9.10. The maximum Gasteiger partial charge on any atom is 0.414 e. The summed E-state index contributed by atoms with van der Waals surface area (Å²) in [5.41, 5.74) is 0. The zero-order valence-corrected chi connectivity index (χ0v) is 5.65. The van der Waals surface area contributed by atoms with Crippen molar-refractivity contribution in [2.24, 2.45) is 0 Å². The van der Waals surface area contributed by atoms with E-state index in [1.54, 1.807) is 0 Å². The summed E-state index contributed by atoms with van der Waals surface area (Å²) in [5.74, 6) is -3.65. The average molecular weight is 230 g/mol. The Morgan fingerprint density at radius 1 is 0.889 bits per heavy atom. The molecular weight excluding hydrogens is 224 g/mol. The van der Waals surface area contributed by atoms with Crippen molar-refractivity contribution in [2.75, 3.05) is 0 Å². The Bertz CT molecular complexity index is 82.6. The third-order valence-corrected chi connectivity index (χ3v) is 0.183. The van der Waals surface area contributed by atoms with Crippen LogP contribution in [0.3, 0.4) is 0 Å². The fourth-order valence-corrected chi connectivity index (χ4v) is 0. The first-order valence-corrected chi connectivity index (χ1v) is 1.11. The van der Waals surface area contributed by atoms with Gasteiger partial charge in [0.1, 0.15) is 0 Å². The Hall–Kier alpha value is -0.400. The number of hydrogen-bond donors (Lipinski definition) is 2. The third-order valence-electron chi connectivity index (χ3n) is 0.183. The van der Waals surface area contributed by atoms with Gasteiger partial charge in [-0.2, -0.15) is 0 Å². The molecule has 0 fully saturated rings. The first-order chi connectivity index (χ1) is 2.64. The fraction of sp³-hybridized carbons (Fsp3) is 0. The topological polar surface area (TPSA) is 142 Å². The van der Waals surface area contributed by atoms with E-state index in [1.165, 1.54) is 0 Å². The Kier molecular flexibility index (Phi) is 27.5. The minimum atomic E-state index is -1.82. The summed E-state index contributed by atoms with van der Waals surface area (Å²) in [4.78, 5) is 18.2. The molecule has 0 aliphatic heterocycles. The second kappa shape index (κ2) is 10.6. The molecule has 0 saturated carbocycles. The number of nitrogens with two attached hydrogens (primary N) is 2. The summed E-state index contributed by atoms with van der Waals surface area (Å²) in [6.07, 6.45) is 0. The number of carboxylic acid groups (broad SMARTS) is 2. The van der Waals surface area contributed by atoms with E-state index in [4.69, 9.17) is 19.8 Å². The molecule has 0 bridgehead atoms. The minimum absolute atomic E-state index is 0. The summed E-state index contributed by atoms with van der Waals surface area (Å²) < 4.78 is 0. The molecule has 0 aliphatic carbocycles. The Balaban J connectivity index is -0.0000000417. The standard InChI is InChI=1S/C2H2O4.Ag.2H2N/c3-1(4)2(5)6;;;/h(H,3,4)(H,5,6);;2*1H2/q;;2*-1. The molecule has 0 amide bonds. The molecule has 0 rings (SSSR count). The molecule has 0 aromatic heterocycles. The molecule has 0 aliphatic rings. The Morgan fingerprint density at radius 3 is 1.00 bits per heavy atom. The molecule has 6 nitrogen and oxygen atoms in total. The molecular formula is C2H6AgN2O4-2. The molecule has 9 heavy (non-hydrogen) atoms. The van der Waals surface area contributed by atoms with E-state index < -0.39 is 11.9 Å². The monoisotopic (exact) mass is 229 g/mol. The van der Waals surface area contributed by atoms with Gasteiger partial charge in [0, 0.05) is 22.4 Å². The molecule has 0 unspecified atom stereocenters. The van der Waals surface area contributed by atoms with Crippen LogP contribution in [0.25, 0.3) is 12.3 Å². The maximum absolute atomic E-state index is 9.10. The smallest absolute Gasteiger partial charge is 0.414 e. The van der Waals surface area contributed by atoms with Gasteiger partial charge in [-0.05, 0) is 0 Å². The molecule has 0 spiro atoms. The molecule has 0 aromatic rings. The molecule has 0 atom stereocenters. The van der Waals surface area contributed by atoms with Crippen LogP contribution in [0.4, 0.5) is 0 Å². The van der Waals surface area contributed by atoms with Gasteiger partial charge < -0.3 is 22.5 Å². The number of carboxylic acids is 2. The van der Waals surface area contributed by atoms with Crippen LogP contribution in [-0.4, -0.2) is 22.2 Å². The van der Waals surface area contributed by atoms with Crippen molar-refractivity contribution >= 4 is 11.9 Å². The first-order valence-electron chi connectivity index (χ1n) is 1.11. The molecule has 0 saturated heterocycles. The van der Waals surface area contributed by atoms with Crippen LogP contribution in [0.1, 0.15) is 0 Å². The van der Waals surface area contributed by atoms with Crippen LogP contribution in [-0.2, 0) is 32.0 Å². The van der Waals surface area contributed by atoms with Crippen LogP contribution in [0.2, 0.25) is 0 Å². The van der Waals surface area contributed by atoms with Crippen LogP contribution in [0.5, 0.6) is 0 Å². The summed E-state index contributed by atoms with van der Waals surface area (Å²) >= 11 is 0. The van der Waals surface area contributed by atoms with Gasteiger partial charge in [-0.15, -0.1) is 0 Å². The summed E-state index contributed by atoms with van der Waals surface area (Å²) in [6.45, 7) is 0. The zero-order valence-electron chi connectivity index (χ0n) is 4.17. The average Bonchev–Trinajstić information content (AvgIpc) is 1.36. The Labute approximate surface area is 66.9 Å². The number of carbonyl (C=O) groups is 2. The zero-order chi connectivity index (χ0) is 5.15.